The summed E-state index contributed by atoms with van der Waals surface area (Å²) in [4.78, 5) is 13.4. The third-order valence-corrected chi connectivity index (χ3v) is 4.83. The van der Waals surface area contributed by atoms with E-state index in [1.54, 1.807) is 11.8 Å². The minimum atomic E-state index is -0.00481. The molecule has 0 spiro atoms. The largest absolute Gasteiger partial charge is 0.350 e. The fraction of sp³-hybridized carbons (Fsp3) is 0.278. The highest BCUT2D eigenvalue weighted by molar-refractivity contribution is 7.98. The molecule has 1 unspecified atom stereocenters. The molecule has 1 amide bonds. The Balaban J connectivity index is 1.70. The maximum Gasteiger partial charge on any atom is 0.252 e. The fourth-order valence-corrected chi connectivity index (χ4v) is 3.49. The van der Waals surface area contributed by atoms with E-state index in [0.29, 0.717) is 6.54 Å². The van der Waals surface area contributed by atoms with Gasteiger partial charge in [0.25, 0.3) is 5.91 Å². The van der Waals surface area contributed by atoms with Crippen molar-refractivity contribution in [3.8, 4) is 0 Å². The molecular formula is C18H20N2OS. The lowest BCUT2D eigenvalue weighted by molar-refractivity contribution is 0.0946. The highest BCUT2D eigenvalue weighted by atomic mass is 32.2. The first kappa shape index (κ1) is 15.1. The summed E-state index contributed by atoms with van der Waals surface area (Å²) in [6.45, 7) is 1.57. The molecule has 2 N–H and O–H groups in total. The van der Waals surface area contributed by atoms with Gasteiger partial charge in [-0.05, 0) is 42.5 Å². The van der Waals surface area contributed by atoms with Crippen molar-refractivity contribution in [1.82, 2.24) is 10.6 Å². The van der Waals surface area contributed by atoms with Gasteiger partial charge in [-0.3, -0.25) is 4.79 Å². The highest BCUT2D eigenvalue weighted by Gasteiger charge is 2.20. The summed E-state index contributed by atoms with van der Waals surface area (Å²) in [5.41, 5.74) is 3.43. The van der Waals surface area contributed by atoms with Crippen LogP contribution in [-0.4, -0.2) is 25.3 Å². The van der Waals surface area contributed by atoms with E-state index in [4.69, 9.17) is 0 Å². The normalized spacial score (nSPS) is 16.9. The van der Waals surface area contributed by atoms with E-state index in [-0.39, 0.29) is 11.9 Å². The number of rotatable bonds is 4. The molecule has 2 aromatic carbocycles. The summed E-state index contributed by atoms with van der Waals surface area (Å²) in [5.74, 6) is -0.00481. The van der Waals surface area contributed by atoms with Crippen molar-refractivity contribution in [1.29, 1.82) is 0 Å². The number of thioether (sulfide) groups is 1. The van der Waals surface area contributed by atoms with Gasteiger partial charge < -0.3 is 10.6 Å². The van der Waals surface area contributed by atoms with E-state index in [2.05, 4.69) is 34.9 Å². The number of hydrogen-bond donors (Lipinski definition) is 2. The molecule has 114 valence electrons. The van der Waals surface area contributed by atoms with Crippen molar-refractivity contribution < 1.29 is 4.79 Å². The van der Waals surface area contributed by atoms with Gasteiger partial charge in [0.1, 0.15) is 0 Å². The second-order valence-electron chi connectivity index (χ2n) is 5.37. The van der Waals surface area contributed by atoms with E-state index in [0.717, 1.165) is 23.4 Å². The molecule has 3 rings (SSSR count). The molecule has 0 saturated carbocycles. The third-order valence-electron chi connectivity index (χ3n) is 4.03. The Labute approximate surface area is 135 Å². The Morgan fingerprint density at radius 2 is 2.00 bits per heavy atom. The van der Waals surface area contributed by atoms with Crippen LogP contribution in [0, 0.1) is 0 Å². The van der Waals surface area contributed by atoms with Crippen molar-refractivity contribution in [2.24, 2.45) is 0 Å². The molecule has 1 heterocycles. The minimum Gasteiger partial charge on any atom is -0.350 e. The number of carbonyl (C=O) groups is 1. The standard InChI is InChI=1S/C18H20N2OS/c1-22-17-9-5-4-8-15(17)18(21)20-12-16-14-7-3-2-6-13(14)10-11-19-16/h2-9,16,19H,10-12H2,1H3,(H,20,21). The predicted octanol–water partition coefficient (Wildman–Crippen LogP) is 3.03. The molecule has 0 aliphatic carbocycles. The quantitative estimate of drug-likeness (QED) is 0.853. The van der Waals surface area contributed by atoms with E-state index >= 15 is 0 Å². The van der Waals surface area contributed by atoms with Crippen LogP contribution in [0.5, 0.6) is 0 Å². The SMILES string of the molecule is CSc1ccccc1C(=O)NCC1NCCc2ccccc21. The summed E-state index contributed by atoms with van der Waals surface area (Å²) < 4.78 is 0. The molecule has 0 radical (unpaired) electrons. The molecule has 1 atom stereocenters. The van der Waals surface area contributed by atoms with Gasteiger partial charge in [0.05, 0.1) is 5.56 Å². The van der Waals surface area contributed by atoms with Gasteiger partial charge in [0, 0.05) is 17.5 Å². The first-order valence-corrected chi connectivity index (χ1v) is 8.74. The van der Waals surface area contributed by atoms with E-state index in [9.17, 15) is 4.79 Å². The van der Waals surface area contributed by atoms with Gasteiger partial charge in [-0.15, -0.1) is 11.8 Å². The summed E-state index contributed by atoms with van der Waals surface area (Å²) in [6, 6.07) is 16.4. The van der Waals surface area contributed by atoms with Gasteiger partial charge in [0.15, 0.2) is 0 Å². The first-order valence-electron chi connectivity index (χ1n) is 7.52. The van der Waals surface area contributed by atoms with Crippen LogP contribution in [0.2, 0.25) is 0 Å². The van der Waals surface area contributed by atoms with Crippen LogP contribution < -0.4 is 10.6 Å². The first-order chi connectivity index (χ1) is 10.8. The molecule has 0 bridgehead atoms. The summed E-state index contributed by atoms with van der Waals surface area (Å²) in [5, 5.41) is 6.56. The Morgan fingerprint density at radius 3 is 2.86 bits per heavy atom. The molecule has 0 fully saturated rings. The molecule has 1 aliphatic heterocycles. The third kappa shape index (κ3) is 3.18. The maximum absolute atomic E-state index is 12.4. The van der Waals surface area contributed by atoms with E-state index in [1.165, 1.54) is 11.1 Å². The Kier molecular flexibility index (Phi) is 4.80. The van der Waals surface area contributed by atoms with Gasteiger partial charge in [0.2, 0.25) is 0 Å². The molecule has 3 nitrogen and oxygen atoms in total. The highest BCUT2D eigenvalue weighted by Crippen LogP contribution is 2.23. The van der Waals surface area contributed by atoms with Crippen LogP contribution in [0.4, 0.5) is 0 Å². The van der Waals surface area contributed by atoms with Gasteiger partial charge in [-0.25, -0.2) is 0 Å². The molecule has 0 aromatic heterocycles. The van der Waals surface area contributed by atoms with Crippen LogP contribution in [0.25, 0.3) is 0 Å². The number of hydrogen-bond acceptors (Lipinski definition) is 3. The number of nitrogens with one attached hydrogen (secondary N) is 2. The Morgan fingerprint density at radius 1 is 1.23 bits per heavy atom. The van der Waals surface area contributed by atoms with Crippen molar-refractivity contribution in [2.45, 2.75) is 17.4 Å². The van der Waals surface area contributed by atoms with Crippen molar-refractivity contribution >= 4 is 17.7 Å². The van der Waals surface area contributed by atoms with Crippen molar-refractivity contribution in [3.05, 3.63) is 65.2 Å². The molecule has 2 aromatic rings. The summed E-state index contributed by atoms with van der Waals surface area (Å²) >= 11 is 1.60. The summed E-state index contributed by atoms with van der Waals surface area (Å²) in [7, 11) is 0. The summed E-state index contributed by atoms with van der Waals surface area (Å²) in [6.07, 6.45) is 3.04. The number of fused-ring (bicyclic) bond motifs is 1. The maximum atomic E-state index is 12.4. The lowest BCUT2D eigenvalue weighted by Gasteiger charge is -2.27. The average Bonchev–Trinajstić information content (AvgIpc) is 2.59. The Hall–Kier alpha value is -1.78. The topological polar surface area (TPSA) is 41.1 Å². The number of benzene rings is 2. The molecule has 22 heavy (non-hydrogen) atoms. The van der Waals surface area contributed by atoms with Crippen LogP contribution in [0.15, 0.2) is 53.4 Å². The second-order valence-corrected chi connectivity index (χ2v) is 6.21. The number of carbonyl (C=O) groups excluding carboxylic acids is 1. The van der Waals surface area contributed by atoms with Crippen LogP contribution in [0.1, 0.15) is 27.5 Å². The average molecular weight is 312 g/mol. The molecule has 4 heteroatoms. The minimum absolute atomic E-state index is 0.00481. The van der Waals surface area contributed by atoms with E-state index < -0.39 is 0 Å². The Bertz CT molecular complexity index is 672. The van der Waals surface area contributed by atoms with Crippen LogP contribution >= 0.6 is 11.8 Å². The van der Waals surface area contributed by atoms with Crippen molar-refractivity contribution in [2.75, 3.05) is 19.3 Å². The zero-order chi connectivity index (χ0) is 15.4. The lowest BCUT2D eigenvalue weighted by atomic mass is 9.94. The van der Waals surface area contributed by atoms with Crippen LogP contribution in [0.3, 0.4) is 0 Å². The lowest BCUT2D eigenvalue weighted by Crippen LogP contribution is -2.38. The fourth-order valence-electron chi connectivity index (χ4n) is 2.90. The molecule has 1 aliphatic rings. The predicted molar refractivity (Wildman–Crippen MR) is 91.4 cm³/mol. The van der Waals surface area contributed by atoms with Gasteiger partial charge >= 0.3 is 0 Å². The monoisotopic (exact) mass is 312 g/mol. The molecular weight excluding hydrogens is 292 g/mol. The second kappa shape index (κ2) is 6.99. The zero-order valence-corrected chi connectivity index (χ0v) is 13.5. The van der Waals surface area contributed by atoms with Crippen molar-refractivity contribution in [3.63, 3.8) is 0 Å². The number of amides is 1. The smallest absolute Gasteiger partial charge is 0.252 e. The van der Waals surface area contributed by atoms with Gasteiger partial charge in [-0.1, -0.05) is 36.4 Å². The van der Waals surface area contributed by atoms with Gasteiger partial charge in [-0.2, -0.15) is 0 Å². The molecule has 0 saturated heterocycles. The van der Waals surface area contributed by atoms with E-state index in [1.807, 2.05) is 30.5 Å². The van der Waals surface area contributed by atoms with Crippen LogP contribution in [-0.2, 0) is 6.42 Å². The zero-order valence-electron chi connectivity index (χ0n) is 12.6.